The van der Waals surface area contributed by atoms with Crippen molar-refractivity contribution in [3.8, 4) is 6.07 Å². The number of nitrogens with zero attached hydrogens (tertiary/aromatic N) is 1. The molecular weight excluding hydrogens is 126 g/mol. The van der Waals surface area contributed by atoms with Crippen molar-refractivity contribution in [2.75, 3.05) is 0 Å². The number of carbonyl (C=O) groups excluding carboxylic acids is 1. The number of Topliss-reactive ketones (excluding diaryl/α,β-unsaturated/α-hetero) is 1. The lowest BCUT2D eigenvalue weighted by Crippen LogP contribution is -1.96. The lowest BCUT2D eigenvalue weighted by Gasteiger charge is -1.91. The van der Waals surface area contributed by atoms with Crippen LogP contribution in [0.1, 0.15) is 26.7 Å². The summed E-state index contributed by atoms with van der Waals surface area (Å²) in [4.78, 5) is 10.8. The van der Waals surface area contributed by atoms with Crippen LogP contribution in [0.15, 0.2) is 11.6 Å². The average Bonchev–Trinajstić information content (AvgIpc) is 1.89. The maximum atomic E-state index is 10.8. The summed E-state index contributed by atoms with van der Waals surface area (Å²) >= 11 is 0. The van der Waals surface area contributed by atoms with Gasteiger partial charge in [0.1, 0.15) is 0 Å². The van der Waals surface area contributed by atoms with Gasteiger partial charge in [-0.1, -0.05) is 13.0 Å². The van der Waals surface area contributed by atoms with Gasteiger partial charge in [-0.3, -0.25) is 4.79 Å². The molecule has 0 saturated heterocycles. The van der Waals surface area contributed by atoms with Crippen molar-refractivity contribution in [3.05, 3.63) is 11.6 Å². The van der Waals surface area contributed by atoms with Gasteiger partial charge in [0.25, 0.3) is 0 Å². The van der Waals surface area contributed by atoms with Gasteiger partial charge in [-0.05, 0) is 18.9 Å². The van der Waals surface area contributed by atoms with Gasteiger partial charge in [-0.25, -0.2) is 0 Å². The molecule has 0 aromatic rings. The Morgan fingerprint density at radius 2 is 2.30 bits per heavy atom. The zero-order valence-electron chi connectivity index (χ0n) is 6.35. The van der Waals surface area contributed by atoms with Crippen LogP contribution in [0.2, 0.25) is 0 Å². The van der Waals surface area contributed by atoms with E-state index in [2.05, 4.69) is 0 Å². The molecule has 0 aromatic carbocycles. The van der Waals surface area contributed by atoms with Crippen molar-refractivity contribution in [1.82, 2.24) is 0 Å². The van der Waals surface area contributed by atoms with Crippen molar-refractivity contribution in [2.45, 2.75) is 26.7 Å². The predicted molar refractivity (Wildman–Crippen MR) is 39.3 cm³/mol. The van der Waals surface area contributed by atoms with Crippen LogP contribution in [0.5, 0.6) is 0 Å². The molecular formula is C8H11NO. The Kier molecular flexibility index (Phi) is 4.23. The number of hydrogen-bond acceptors (Lipinski definition) is 2. The topological polar surface area (TPSA) is 40.9 Å². The third-order valence-corrected chi connectivity index (χ3v) is 1.19. The molecule has 2 nitrogen and oxygen atoms in total. The molecule has 0 spiro atoms. The molecule has 0 heterocycles. The largest absolute Gasteiger partial charge is 0.293 e. The van der Waals surface area contributed by atoms with Gasteiger partial charge in [0, 0.05) is 0 Å². The zero-order chi connectivity index (χ0) is 7.98. The first-order valence-electron chi connectivity index (χ1n) is 3.29. The minimum atomic E-state index is -0.0654. The highest BCUT2D eigenvalue weighted by Crippen LogP contribution is 1.98. The molecule has 0 radical (unpaired) electrons. The first-order chi connectivity index (χ1) is 4.72. The van der Waals surface area contributed by atoms with E-state index < -0.39 is 0 Å². The van der Waals surface area contributed by atoms with Crippen LogP contribution < -0.4 is 0 Å². The summed E-state index contributed by atoms with van der Waals surface area (Å²) in [5, 5.41) is 8.16. The molecule has 0 aliphatic carbocycles. The van der Waals surface area contributed by atoms with E-state index in [0.717, 1.165) is 6.42 Å². The third kappa shape index (κ3) is 3.03. The van der Waals surface area contributed by atoms with Crippen molar-refractivity contribution in [3.63, 3.8) is 0 Å². The highest BCUT2D eigenvalue weighted by Gasteiger charge is 2.00. The van der Waals surface area contributed by atoms with E-state index in [0.29, 0.717) is 5.57 Å². The number of allylic oxidation sites excluding steroid dienone is 2. The van der Waals surface area contributed by atoms with Crippen LogP contribution in [0, 0.1) is 11.3 Å². The third-order valence-electron chi connectivity index (χ3n) is 1.19. The van der Waals surface area contributed by atoms with Gasteiger partial charge in [0.05, 0.1) is 12.5 Å². The van der Waals surface area contributed by atoms with E-state index in [9.17, 15) is 4.79 Å². The van der Waals surface area contributed by atoms with Gasteiger partial charge >= 0.3 is 0 Å². The lowest BCUT2D eigenvalue weighted by atomic mass is 10.1. The van der Waals surface area contributed by atoms with Crippen LogP contribution in [0.25, 0.3) is 0 Å². The van der Waals surface area contributed by atoms with Gasteiger partial charge in [-0.15, -0.1) is 0 Å². The van der Waals surface area contributed by atoms with Crippen molar-refractivity contribution in [2.24, 2.45) is 0 Å². The van der Waals surface area contributed by atoms with Gasteiger partial charge in [0.2, 0.25) is 0 Å². The Morgan fingerprint density at radius 1 is 1.70 bits per heavy atom. The molecule has 0 rings (SSSR count). The summed E-state index contributed by atoms with van der Waals surface area (Å²) in [5.41, 5.74) is 0.698. The van der Waals surface area contributed by atoms with Crippen LogP contribution in [0.4, 0.5) is 0 Å². The Balaban J connectivity index is 3.97. The Hall–Kier alpha value is -1.10. The maximum absolute atomic E-state index is 10.8. The first-order valence-corrected chi connectivity index (χ1v) is 3.29. The van der Waals surface area contributed by atoms with E-state index in [-0.39, 0.29) is 12.2 Å². The van der Waals surface area contributed by atoms with Gasteiger partial charge in [0.15, 0.2) is 5.78 Å². The molecule has 0 aliphatic heterocycles. The van der Waals surface area contributed by atoms with Crippen LogP contribution >= 0.6 is 0 Å². The van der Waals surface area contributed by atoms with E-state index in [4.69, 9.17) is 5.26 Å². The molecule has 0 aromatic heterocycles. The fraction of sp³-hybridized carbons (Fsp3) is 0.500. The number of carbonyl (C=O) groups is 1. The highest BCUT2D eigenvalue weighted by molar-refractivity contribution is 5.95. The number of nitriles is 1. The first kappa shape index (κ1) is 8.90. The van der Waals surface area contributed by atoms with Crippen molar-refractivity contribution >= 4 is 5.78 Å². The average molecular weight is 137 g/mol. The molecule has 0 atom stereocenters. The van der Waals surface area contributed by atoms with Crippen LogP contribution in [0.3, 0.4) is 0 Å². The molecule has 0 unspecified atom stereocenters. The van der Waals surface area contributed by atoms with E-state index in [1.807, 2.05) is 19.1 Å². The molecule has 10 heavy (non-hydrogen) atoms. The molecule has 2 heteroatoms. The van der Waals surface area contributed by atoms with Crippen molar-refractivity contribution < 1.29 is 4.79 Å². The summed E-state index contributed by atoms with van der Waals surface area (Å²) in [6, 6.07) is 1.82. The Morgan fingerprint density at radius 3 is 2.70 bits per heavy atom. The quantitative estimate of drug-likeness (QED) is 0.557. The van der Waals surface area contributed by atoms with Gasteiger partial charge in [-0.2, -0.15) is 5.26 Å². The summed E-state index contributed by atoms with van der Waals surface area (Å²) in [6.45, 7) is 3.70. The molecule has 0 bridgehead atoms. The number of ketones is 1. The SMILES string of the molecule is CC/C=C(/C)C(=O)CC#N. The van der Waals surface area contributed by atoms with Crippen LogP contribution in [-0.4, -0.2) is 5.78 Å². The molecule has 0 saturated carbocycles. The smallest absolute Gasteiger partial charge is 0.172 e. The van der Waals surface area contributed by atoms with Crippen LogP contribution in [-0.2, 0) is 4.79 Å². The predicted octanol–water partition coefficient (Wildman–Crippen LogP) is 1.83. The standard InChI is InChI=1S/C8H11NO/c1-3-4-7(2)8(10)5-6-9/h4H,3,5H2,1-2H3/b7-4-. The minimum absolute atomic E-state index is 0.00231. The van der Waals surface area contributed by atoms with E-state index in [1.165, 1.54) is 0 Å². The van der Waals surface area contributed by atoms with E-state index in [1.54, 1.807) is 6.92 Å². The van der Waals surface area contributed by atoms with Crippen molar-refractivity contribution in [1.29, 1.82) is 5.26 Å². The molecule has 0 amide bonds. The summed E-state index contributed by atoms with van der Waals surface area (Å²) in [5.74, 6) is -0.0654. The summed E-state index contributed by atoms with van der Waals surface area (Å²) in [7, 11) is 0. The lowest BCUT2D eigenvalue weighted by molar-refractivity contribution is -0.114. The fourth-order valence-corrected chi connectivity index (χ4v) is 0.631. The molecule has 0 N–H and O–H groups in total. The monoisotopic (exact) mass is 137 g/mol. The molecule has 0 fully saturated rings. The maximum Gasteiger partial charge on any atom is 0.172 e. The fourth-order valence-electron chi connectivity index (χ4n) is 0.631. The number of rotatable bonds is 3. The number of hydrogen-bond donors (Lipinski definition) is 0. The normalized spacial score (nSPS) is 10.7. The zero-order valence-corrected chi connectivity index (χ0v) is 6.35. The van der Waals surface area contributed by atoms with E-state index >= 15 is 0 Å². The summed E-state index contributed by atoms with van der Waals surface area (Å²) in [6.07, 6.45) is 2.69. The molecule has 0 aliphatic rings. The molecule has 54 valence electrons. The second-order valence-electron chi connectivity index (χ2n) is 2.05. The van der Waals surface area contributed by atoms with Gasteiger partial charge < -0.3 is 0 Å². The second kappa shape index (κ2) is 4.75. The summed E-state index contributed by atoms with van der Waals surface area (Å²) < 4.78 is 0. The Labute approximate surface area is 61.2 Å². The second-order valence-corrected chi connectivity index (χ2v) is 2.05. The Bertz CT molecular complexity index is 186. The highest BCUT2D eigenvalue weighted by atomic mass is 16.1. The minimum Gasteiger partial charge on any atom is -0.293 e.